The van der Waals surface area contributed by atoms with E-state index in [1.807, 2.05) is 6.20 Å². The molecule has 1 unspecified atom stereocenters. The van der Waals surface area contributed by atoms with E-state index >= 15 is 0 Å². The molecule has 1 saturated carbocycles. The standard InChI is InChI=1S/C13H21N3/c1-10(6-8-14)13-15-9-7-12(16-13)11-4-2-3-5-11/h7,9-11H,2-6,8,14H2,1H3. The van der Waals surface area contributed by atoms with Crippen LogP contribution in [-0.4, -0.2) is 16.5 Å². The molecule has 16 heavy (non-hydrogen) atoms. The molecule has 2 rings (SSSR count). The molecular formula is C13H21N3. The molecule has 0 bridgehead atoms. The van der Waals surface area contributed by atoms with Crippen LogP contribution in [-0.2, 0) is 0 Å². The fraction of sp³-hybridized carbons (Fsp3) is 0.692. The Morgan fingerprint density at radius 1 is 1.44 bits per heavy atom. The van der Waals surface area contributed by atoms with E-state index in [1.165, 1.54) is 31.4 Å². The van der Waals surface area contributed by atoms with Gasteiger partial charge in [0.05, 0.1) is 0 Å². The summed E-state index contributed by atoms with van der Waals surface area (Å²) in [6, 6.07) is 2.08. The summed E-state index contributed by atoms with van der Waals surface area (Å²) < 4.78 is 0. The van der Waals surface area contributed by atoms with Crippen molar-refractivity contribution in [1.82, 2.24) is 9.97 Å². The van der Waals surface area contributed by atoms with Gasteiger partial charge in [-0.1, -0.05) is 19.8 Å². The van der Waals surface area contributed by atoms with Crippen LogP contribution in [0.5, 0.6) is 0 Å². The van der Waals surface area contributed by atoms with Crippen molar-refractivity contribution in [3.63, 3.8) is 0 Å². The molecule has 1 aromatic heterocycles. The number of nitrogens with zero attached hydrogens (tertiary/aromatic N) is 2. The SMILES string of the molecule is CC(CCN)c1nccc(C2CCCC2)n1. The Bertz CT molecular complexity index is 332. The quantitative estimate of drug-likeness (QED) is 0.846. The third-order valence-electron chi connectivity index (χ3n) is 3.51. The van der Waals surface area contributed by atoms with E-state index in [0.717, 1.165) is 12.2 Å². The second-order valence-corrected chi connectivity index (χ2v) is 4.80. The highest BCUT2D eigenvalue weighted by Crippen LogP contribution is 2.33. The van der Waals surface area contributed by atoms with Gasteiger partial charge < -0.3 is 5.73 Å². The molecule has 1 aliphatic carbocycles. The van der Waals surface area contributed by atoms with Gasteiger partial charge in [-0.3, -0.25) is 0 Å². The number of hydrogen-bond acceptors (Lipinski definition) is 3. The van der Waals surface area contributed by atoms with Crippen LogP contribution in [0.15, 0.2) is 12.3 Å². The van der Waals surface area contributed by atoms with Crippen molar-refractivity contribution in [2.45, 2.75) is 50.9 Å². The lowest BCUT2D eigenvalue weighted by Crippen LogP contribution is -2.09. The molecule has 1 heterocycles. The van der Waals surface area contributed by atoms with Gasteiger partial charge in [0.2, 0.25) is 0 Å². The van der Waals surface area contributed by atoms with E-state index in [-0.39, 0.29) is 0 Å². The first kappa shape index (κ1) is 11.5. The highest BCUT2D eigenvalue weighted by atomic mass is 14.9. The Labute approximate surface area is 97.5 Å². The Balaban J connectivity index is 2.12. The van der Waals surface area contributed by atoms with Crippen molar-refractivity contribution in [2.75, 3.05) is 6.54 Å². The summed E-state index contributed by atoms with van der Waals surface area (Å²) in [4.78, 5) is 9.07. The van der Waals surface area contributed by atoms with Crippen molar-refractivity contribution in [3.05, 3.63) is 23.8 Å². The van der Waals surface area contributed by atoms with Crippen LogP contribution in [0.25, 0.3) is 0 Å². The summed E-state index contributed by atoms with van der Waals surface area (Å²) in [5, 5.41) is 0. The van der Waals surface area contributed by atoms with Crippen molar-refractivity contribution in [2.24, 2.45) is 5.73 Å². The summed E-state index contributed by atoms with van der Waals surface area (Å²) >= 11 is 0. The van der Waals surface area contributed by atoms with Crippen molar-refractivity contribution >= 4 is 0 Å². The molecule has 1 fully saturated rings. The summed E-state index contributed by atoms with van der Waals surface area (Å²) in [7, 11) is 0. The molecule has 88 valence electrons. The lowest BCUT2D eigenvalue weighted by molar-refractivity contribution is 0.622. The second kappa shape index (κ2) is 5.39. The Morgan fingerprint density at radius 2 is 2.19 bits per heavy atom. The third kappa shape index (κ3) is 2.59. The molecule has 1 aromatic rings. The van der Waals surface area contributed by atoms with Gasteiger partial charge >= 0.3 is 0 Å². The molecule has 0 saturated heterocycles. The summed E-state index contributed by atoms with van der Waals surface area (Å²) in [5.74, 6) is 2.02. The van der Waals surface area contributed by atoms with Crippen LogP contribution in [0.2, 0.25) is 0 Å². The molecule has 1 atom stereocenters. The Morgan fingerprint density at radius 3 is 2.88 bits per heavy atom. The van der Waals surface area contributed by atoms with Crippen LogP contribution in [0, 0.1) is 0 Å². The molecule has 3 heteroatoms. The Hall–Kier alpha value is -0.960. The monoisotopic (exact) mass is 219 g/mol. The van der Waals surface area contributed by atoms with Gasteiger partial charge in [-0.05, 0) is 31.9 Å². The van der Waals surface area contributed by atoms with Gasteiger partial charge in [0.15, 0.2) is 0 Å². The summed E-state index contributed by atoms with van der Waals surface area (Å²) in [5.41, 5.74) is 6.81. The zero-order valence-electron chi connectivity index (χ0n) is 10.0. The highest BCUT2D eigenvalue weighted by molar-refractivity contribution is 5.11. The van der Waals surface area contributed by atoms with E-state index in [9.17, 15) is 0 Å². The van der Waals surface area contributed by atoms with Crippen LogP contribution >= 0.6 is 0 Å². The summed E-state index contributed by atoms with van der Waals surface area (Å²) in [6.07, 6.45) is 8.16. The topological polar surface area (TPSA) is 51.8 Å². The van der Waals surface area contributed by atoms with Crippen LogP contribution in [0.1, 0.15) is 62.4 Å². The first-order valence-corrected chi connectivity index (χ1v) is 6.34. The second-order valence-electron chi connectivity index (χ2n) is 4.80. The maximum Gasteiger partial charge on any atom is 0.131 e. The fourth-order valence-electron chi connectivity index (χ4n) is 2.45. The number of hydrogen-bond donors (Lipinski definition) is 1. The van der Waals surface area contributed by atoms with Gasteiger partial charge in [-0.2, -0.15) is 0 Å². The maximum absolute atomic E-state index is 5.57. The molecule has 3 nitrogen and oxygen atoms in total. The highest BCUT2D eigenvalue weighted by Gasteiger charge is 2.19. The van der Waals surface area contributed by atoms with Gasteiger partial charge in [-0.15, -0.1) is 0 Å². The van der Waals surface area contributed by atoms with E-state index in [0.29, 0.717) is 18.4 Å². The molecular weight excluding hydrogens is 198 g/mol. The molecule has 0 aliphatic heterocycles. The largest absolute Gasteiger partial charge is 0.330 e. The number of nitrogens with two attached hydrogens (primary N) is 1. The van der Waals surface area contributed by atoms with E-state index in [4.69, 9.17) is 10.7 Å². The molecule has 0 radical (unpaired) electrons. The lowest BCUT2D eigenvalue weighted by atomic mass is 10.0. The minimum Gasteiger partial charge on any atom is -0.330 e. The molecule has 2 N–H and O–H groups in total. The minimum atomic E-state index is 0.381. The van der Waals surface area contributed by atoms with Crippen molar-refractivity contribution in [1.29, 1.82) is 0 Å². The Kier molecular flexibility index (Phi) is 3.88. The molecule has 0 spiro atoms. The minimum absolute atomic E-state index is 0.381. The van der Waals surface area contributed by atoms with Crippen LogP contribution < -0.4 is 5.73 Å². The average Bonchev–Trinajstić information content (AvgIpc) is 2.83. The number of aromatic nitrogens is 2. The average molecular weight is 219 g/mol. The van der Waals surface area contributed by atoms with E-state index < -0.39 is 0 Å². The zero-order valence-corrected chi connectivity index (χ0v) is 10.0. The van der Waals surface area contributed by atoms with Gasteiger partial charge in [0.25, 0.3) is 0 Å². The molecule has 0 amide bonds. The van der Waals surface area contributed by atoms with Gasteiger partial charge in [-0.25, -0.2) is 9.97 Å². The lowest BCUT2D eigenvalue weighted by Gasteiger charge is -2.12. The smallest absolute Gasteiger partial charge is 0.131 e. The first-order valence-electron chi connectivity index (χ1n) is 6.34. The molecule has 1 aliphatic rings. The van der Waals surface area contributed by atoms with Crippen molar-refractivity contribution in [3.8, 4) is 0 Å². The van der Waals surface area contributed by atoms with Crippen LogP contribution in [0.4, 0.5) is 0 Å². The van der Waals surface area contributed by atoms with Crippen LogP contribution in [0.3, 0.4) is 0 Å². The molecule has 0 aromatic carbocycles. The fourth-order valence-corrected chi connectivity index (χ4v) is 2.45. The predicted molar refractivity (Wildman–Crippen MR) is 65.3 cm³/mol. The van der Waals surface area contributed by atoms with E-state index in [2.05, 4.69) is 18.0 Å². The van der Waals surface area contributed by atoms with E-state index in [1.54, 1.807) is 0 Å². The third-order valence-corrected chi connectivity index (χ3v) is 3.51. The van der Waals surface area contributed by atoms with Crippen molar-refractivity contribution < 1.29 is 0 Å². The maximum atomic E-state index is 5.57. The normalized spacial score (nSPS) is 18.9. The number of rotatable bonds is 4. The van der Waals surface area contributed by atoms with Gasteiger partial charge in [0, 0.05) is 23.7 Å². The van der Waals surface area contributed by atoms with Gasteiger partial charge in [0.1, 0.15) is 5.82 Å². The zero-order chi connectivity index (χ0) is 11.4. The summed E-state index contributed by atoms with van der Waals surface area (Å²) in [6.45, 7) is 2.86. The first-order chi connectivity index (χ1) is 7.81. The predicted octanol–water partition coefficient (Wildman–Crippen LogP) is 2.59.